The third kappa shape index (κ3) is 4.35. The Hall–Kier alpha value is -2.42. The number of fused-ring (bicyclic) bond motifs is 1. The highest BCUT2D eigenvalue weighted by atomic mass is 35.5. The van der Waals surface area contributed by atoms with Crippen LogP contribution in [0.3, 0.4) is 0 Å². The van der Waals surface area contributed by atoms with Gasteiger partial charge in [-0.2, -0.15) is 0 Å². The van der Waals surface area contributed by atoms with Gasteiger partial charge in [-0.15, -0.1) is 0 Å². The average molecular weight is 424 g/mol. The molecule has 148 valence electrons. The van der Waals surface area contributed by atoms with E-state index >= 15 is 0 Å². The Morgan fingerprint density at radius 1 is 1.14 bits per heavy atom. The number of halogens is 1. The summed E-state index contributed by atoms with van der Waals surface area (Å²) in [5.74, 6) is -1.09. The Morgan fingerprint density at radius 3 is 2.46 bits per heavy atom. The van der Waals surface area contributed by atoms with Crippen LogP contribution in [0.5, 0.6) is 5.75 Å². The molecule has 0 aliphatic carbocycles. The van der Waals surface area contributed by atoms with Crippen LogP contribution in [-0.4, -0.2) is 37.4 Å². The minimum atomic E-state index is -3.93. The zero-order valence-corrected chi connectivity index (χ0v) is 16.3. The van der Waals surface area contributed by atoms with Gasteiger partial charge in [-0.25, -0.2) is 13.1 Å². The SMILES string of the molecule is O=C(O)CCC1(C(=O)CNS(=O)(=O)c2ccc(Cl)cc2)Cc2ccccc2O1. The fraction of sp³-hybridized carbons (Fsp3) is 0.263. The van der Waals surface area contributed by atoms with Gasteiger partial charge in [0.2, 0.25) is 10.0 Å². The lowest BCUT2D eigenvalue weighted by molar-refractivity contribution is -0.140. The van der Waals surface area contributed by atoms with E-state index in [0.717, 1.165) is 5.56 Å². The molecule has 1 aliphatic heterocycles. The molecule has 2 N–H and O–H groups in total. The van der Waals surface area contributed by atoms with Crippen molar-refractivity contribution in [2.45, 2.75) is 29.8 Å². The van der Waals surface area contributed by atoms with Gasteiger partial charge in [0, 0.05) is 24.3 Å². The maximum absolute atomic E-state index is 12.9. The van der Waals surface area contributed by atoms with Crippen LogP contribution in [0, 0.1) is 0 Å². The van der Waals surface area contributed by atoms with Crippen LogP contribution in [-0.2, 0) is 26.0 Å². The van der Waals surface area contributed by atoms with Crippen molar-refractivity contribution in [2.75, 3.05) is 6.54 Å². The molecule has 0 amide bonds. The highest BCUT2D eigenvalue weighted by molar-refractivity contribution is 7.89. The molecule has 28 heavy (non-hydrogen) atoms. The summed E-state index contributed by atoms with van der Waals surface area (Å²) in [5, 5.41) is 9.42. The Morgan fingerprint density at radius 2 is 1.82 bits per heavy atom. The van der Waals surface area contributed by atoms with Crippen molar-refractivity contribution in [1.82, 2.24) is 4.72 Å². The lowest BCUT2D eigenvalue weighted by atomic mass is 9.88. The molecule has 2 aromatic rings. The largest absolute Gasteiger partial charge is 0.481 e. The first-order valence-electron chi connectivity index (χ1n) is 8.49. The van der Waals surface area contributed by atoms with E-state index in [-0.39, 0.29) is 24.2 Å². The van der Waals surface area contributed by atoms with E-state index in [9.17, 15) is 18.0 Å². The number of carboxylic acids is 1. The second-order valence-corrected chi connectivity index (χ2v) is 8.68. The molecule has 0 saturated carbocycles. The van der Waals surface area contributed by atoms with Crippen LogP contribution >= 0.6 is 11.6 Å². The van der Waals surface area contributed by atoms with Crippen LogP contribution in [0.15, 0.2) is 53.4 Å². The predicted molar refractivity (Wildman–Crippen MR) is 102 cm³/mol. The normalized spacial score (nSPS) is 18.3. The number of nitrogens with one attached hydrogen (secondary N) is 1. The van der Waals surface area contributed by atoms with E-state index in [1.165, 1.54) is 24.3 Å². The fourth-order valence-corrected chi connectivity index (χ4v) is 4.17. The Bertz CT molecular complexity index is 978. The van der Waals surface area contributed by atoms with Gasteiger partial charge in [0.05, 0.1) is 11.4 Å². The Balaban J connectivity index is 1.77. The summed E-state index contributed by atoms with van der Waals surface area (Å²) in [4.78, 5) is 23.9. The predicted octanol–water partition coefficient (Wildman–Crippen LogP) is 2.43. The van der Waals surface area contributed by atoms with Gasteiger partial charge >= 0.3 is 5.97 Å². The van der Waals surface area contributed by atoms with E-state index in [0.29, 0.717) is 10.8 Å². The number of rotatable bonds is 8. The Labute approximate surface area is 167 Å². The summed E-state index contributed by atoms with van der Waals surface area (Å²) < 4.78 is 32.9. The minimum Gasteiger partial charge on any atom is -0.481 e. The zero-order chi connectivity index (χ0) is 20.4. The quantitative estimate of drug-likeness (QED) is 0.674. The van der Waals surface area contributed by atoms with Crippen LogP contribution in [0.1, 0.15) is 18.4 Å². The average Bonchev–Trinajstić information content (AvgIpc) is 3.05. The number of carbonyl (C=O) groups excluding carboxylic acids is 1. The van der Waals surface area contributed by atoms with E-state index in [1.54, 1.807) is 24.3 Å². The number of Topliss-reactive ketones (excluding diaryl/α,β-unsaturated/α-hetero) is 1. The first kappa shape index (κ1) is 20.3. The molecule has 0 fully saturated rings. The lowest BCUT2D eigenvalue weighted by Gasteiger charge is -2.27. The first-order valence-corrected chi connectivity index (χ1v) is 10.4. The van der Waals surface area contributed by atoms with Crippen LogP contribution < -0.4 is 9.46 Å². The van der Waals surface area contributed by atoms with Crippen LogP contribution in [0.25, 0.3) is 0 Å². The summed E-state index contributed by atoms with van der Waals surface area (Å²) in [5.41, 5.74) is -0.633. The highest BCUT2D eigenvalue weighted by Gasteiger charge is 2.45. The van der Waals surface area contributed by atoms with Gasteiger partial charge in [0.1, 0.15) is 5.75 Å². The number of carbonyl (C=O) groups is 2. The number of sulfonamides is 1. The second-order valence-electron chi connectivity index (χ2n) is 6.48. The number of ether oxygens (including phenoxy) is 1. The standard InChI is InChI=1S/C19H18ClNO6S/c20-14-5-7-15(8-6-14)28(25,26)21-12-17(22)19(10-9-18(23)24)11-13-3-1-2-4-16(13)27-19/h1-8,21H,9-12H2,(H,23,24). The molecule has 0 aromatic heterocycles. The van der Waals surface area contributed by atoms with Gasteiger partial charge in [-0.05, 0) is 35.9 Å². The molecule has 1 aliphatic rings. The van der Waals surface area contributed by atoms with Gasteiger partial charge in [0.15, 0.2) is 11.4 Å². The highest BCUT2D eigenvalue weighted by Crippen LogP contribution is 2.38. The summed E-state index contributed by atoms with van der Waals surface area (Å²) in [7, 11) is -3.93. The molecule has 7 nitrogen and oxygen atoms in total. The van der Waals surface area contributed by atoms with Gasteiger partial charge in [-0.3, -0.25) is 9.59 Å². The number of hydrogen-bond acceptors (Lipinski definition) is 5. The molecule has 0 saturated heterocycles. The minimum absolute atomic E-state index is 0.0279. The third-order valence-corrected chi connectivity index (χ3v) is 6.22. The van der Waals surface area contributed by atoms with E-state index < -0.39 is 33.9 Å². The van der Waals surface area contributed by atoms with E-state index in [1.807, 2.05) is 0 Å². The molecule has 1 atom stereocenters. The second kappa shape index (κ2) is 7.90. The number of carboxylic acid groups (broad SMARTS) is 1. The summed E-state index contributed by atoms with van der Waals surface area (Å²) in [6.07, 6.45) is -0.139. The summed E-state index contributed by atoms with van der Waals surface area (Å²) in [6.45, 7) is -0.515. The molecular weight excluding hydrogens is 406 g/mol. The number of benzene rings is 2. The van der Waals surface area contributed by atoms with Crippen molar-refractivity contribution in [3.8, 4) is 5.75 Å². The topological polar surface area (TPSA) is 110 Å². The maximum atomic E-state index is 12.9. The number of ketones is 1. The number of para-hydroxylation sites is 1. The molecule has 0 bridgehead atoms. The van der Waals surface area contributed by atoms with Crippen molar-refractivity contribution in [3.05, 3.63) is 59.1 Å². The molecular formula is C19H18ClNO6S. The van der Waals surface area contributed by atoms with Crippen molar-refractivity contribution in [2.24, 2.45) is 0 Å². The molecule has 0 spiro atoms. The third-order valence-electron chi connectivity index (χ3n) is 4.55. The van der Waals surface area contributed by atoms with Gasteiger partial charge < -0.3 is 9.84 Å². The fourth-order valence-electron chi connectivity index (χ4n) is 3.07. The van der Waals surface area contributed by atoms with E-state index in [2.05, 4.69) is 4.72 Å². The smallest absolute Gasteiger partial charge is 0.303 e. The van der Waals surface area contributed by atoms with Crippen molar-refractivity contribution in [3.63, 3.8) is 0 Å². The van der Waals surface area contributed by atoms with Crippen molar-refractivity contribution >= 4 is 33.4 Å². The number of hydrogen-bond donors (Lipinski definition) is 2. The van der Waals surface area contributed by atoms with E-state index in [4.69, 9.17) is 21.4 Å². The maximum Gasteiger partial charge on any atom is 0.303 e. The molecule has 1 unspecified atom stereocenters. The molecule has 1 heterocycles. The summed E-state index contributed by atoms with van der Waals surface area (Å²) >= 11 is 5.76. The number of aliphatic carboxylic acids is 1. The van der Waals surface area contributed by atoms with Gasteiger partial charge in [0.25, 0.3) is 0 Å². The monoisotopic (exact) mass is 423 g/mol. The van der Waals surface area contributed by atoms with Crippen LogP contribution in [0.4, 0.5) is 0 Å². The summed E-state index contributed by atoms with van der Waals surface area (Å²) in [6, 6.07) is 12.6. The molecule has 0 radical (unpaired) electrons. The molecule has 2 aromatic carbocycles. The molecule has 9 heteroatoms. The van der Waals surface area contributed by atoms with Crippen molar-refractivity contribution < 1.29 is 27.9 Å². The van der Waals surface area contributed by atoms with Crippen LogP contribution in [0.2, 0.25) is 5.02 Å². The zero-order valence-electron chi connectivity index (χ0n) is 14.7. The lowest BCUT2D eigenvalue weighted by Crippen LogP contribution is -2.49. The van der Waals surface area contributed by atoms with Crippen molar-refractivity contribution in [1.29, 1.82) is 0 Å². The van der Waals surface area contributed by atoms with Gasteiger partial charge in [-0.1, -0.05) is 29.8 Å². The first-order chi connectivity index (χ1) is 13.2. The molecule has 3 rings (SSSR count). The Kier molecular flexibility index (Phi) is 5.74.